The zero-order chi connectivity index (χ0) is 17.5. The van der Waals surface area contributed by atoms with Gasteiger partial charge in [0.15, 0.2) is 0 Å². The minimum absolute atomic E-state index is 0.0423. The lowest BCUT2D eigenvalue weighted by Gasteiger charge is -2.21. The first-order valence-corrected chi connectivity index (χ1v) is 8.76. The summed E-state index contributed by atoms with van der Waals surface area (Å²) in [5.41, 5.74) is 1.68. The van der Waals surface area contributed by atoms with Crippen LogP contribution < -0.4 is 0 Å². The van der Waals surface area contributed by atoms with Crippen molar-refractivity contribution in [3.8, 4) is 10.6 Å². The number of aromatic nitrogens is 1. The summed E-state index contributed by atoms with van der Waals surface area (Å²) in [6.45, 7) is 3.86. The molecular formula is C17H21ClN2O3S. The highest BCUT2D eigenvalue weighted by molar-refractivity contribution is 7.17. The van der Waals surface area contributed by atoms with Gasteiger partial charge in [-0.2, -0.15) is 0 Å². The fraction of sp³-hybridized carbons (Fsp3) is 0.412. The van der Waals surface area contributed by atoms with Crippen LogP contribution in [0.2, 0.25) is 5.02 Å². The number of halogens is 1. The number of benzene rings is 1. The van der Waals surface area contributed by atoms with Crippen LogP contribution in [0.15, 0.2) is 24.3 Å². The molecule has 0 saturated carbocycles. The second-order valence-corrected chi connectivity index (χ2v) is 6.65. The number of ether oxygens (including phenoxy) is 2. The van der Waals surface area contributed by atoms with E-state index in [1.807, 2.05) is 31.2 Å². The van der Waals surface area contributed by atoms with Gasteiger partial charge in [-0.25, -0.2) is 4.98 Å². The molecule has 2 aromatic rings. The van der Waals surface area contributed by atoms with Crippen molar-refractivity contribution in [3.63, 3.8) is 0 Å². The van der Waals surface area contributed by atoms with Crippen LogP contribution in [0.4, 0.5) is 0 Å². The molecule has 1 amide bonds. The Hall–Kier alpha value is -1.47. The van der Waals surface area contributed by atoms with Gasteiger partial charge < -0.3 is 14.4 Å². The van der Waals surface area contributed by atoms with E-state index < -0.39 is 0 Å². The molecule has 0 saturated heterocycles. The molecule has 0 atom stereocenters. The number of nitrogens with zero attached hydrogens (tertiary/aromatic N) is 2. The maximum Gasteiger partial charge on any atom is 0.266 e. The molecular weight excluding hydrogens is 348 g/mol. The number of amides is 1. The van der Waals surface area contributed by atoms with Crippen LogP contribution in [0.1, 0.15) is 15.4 Å². The highest BCUT2D eigenvalue weighted by Gasteiger charge is 2.21. The van der Waals surface area contributed by atoms with Crippen molar-refractivity contribution in [2.45, 2.75) is 6.92 Å². The summed E-state index contributed by atoms with van der Waals surface area (Å²) in [6, 6.07) is 7.45. The lowest BCUT2D eigenvalue weighted by atomic mass is 10.2. The predicted molar refractivity (Wildman–Crippen MR) is 97.0 cm³/mol. The first-order valence-electron chi connectivity index (χ1n) is 7.57. The highest BCUT2D eigenvalue weighted by Crippen LogP contribution is 2.29. The zero-order valence-electron chi connectivity index (χ0n) is 14.0. The van der Waals surface area contributed by atoms with Crippen LogP contribution in [0.25, 0.3) is 10.6 Å². The normalized spacial score (nSPS) is 10.8. The molecule has 1 heterocycles. The summed E-state index contributed by atoms with van der Waals surface area (Å²) in [6.07, 6.45) is 0. The molecule has 1 aromatic carbocycles. The van der Waals surface area contributed by atoms with Gasteiger partial charge >= 0.3 is 0 Å². The number of rotatable bonds is 8. The van der Waals surface area contributed by atoms with E-state index in [2.05, 4.69) is 4.98 Å². The van der Waals surface area contributed by atoms with E-state index in [1.165, 1.54) is 11.3 Å². The van der Waals surface area contributed by atoms with E-state index in [9.17, 15) is 4.79 Å². The fourth-order valence-corrected chi connectivity index (χ4v) is 3.34. The van der Waals surface area contributed by atoms with Crippen molar-refractivity contribution in [2.24, 2.45) is 0 Å². The first-order chi connectivity index (χ1) is 11.6. The molecule has 1 aromatic heterocycles. The molecule has 24 heavy (non-hydrogen) atoms. The second-order valence-electron chi connectivity index (χ2n) is 5.22. The van der Waals surface area contributed by atoms with Crippen LogP contribution in [-0.4, -0.2) is 56.3 Å². The molecule has 0 aliphatic heterocycles. The minimum Gasteiger partial charge on any atom is -0.383 e. The number of aryl methyl sites for hydroxylation is 1. The molecule has 0 spiro atoms. The number of hydrogen-bond acceptors (Lipinski definition) is 5. The molecule has 130 valence electrons. The van der Waals surface area contributed by atoms with Crippen LogP contribution in [-0.2, 0) is 9.47 Å². The standard InChI is InChI=1S/C17H21ClN2O3S/c1-12-15(17(21)20(8-10-22-2)9-11-23-3)24-16(19-12)13-4-6-14(18)7-5-13/h4-7H,8-11H2,1-3H3. The van der Waals surface area contributed by atoms with Gasteiger partial charge in [-0.1, -0.05) is 23.7 Å². The maximum atomic E-state index is 12.8. The van der Waals surface area contributed by atoms with Crippen molar-refractivity contribution in [1.29, 1.82) is 0 Å². The van der Waals surface area contributed by atoms with Gasteiger partial charge in [0.2, 0.25) is 0 Å². The van der Waals surface area contributed by atoms with E-state index in [1.54, 1.807) is 19.1 Å². The maximum absolute atomic E-state index is 12.8. The van der Waals surface area contributed by atoms with E-state index in [-0.39, 0.29) is 5.91 Å². The van der Waals surface area contributed by atoms with Crippen LogP contribution in [0.3, 0.4) is 0 Å². The Morgan fingerprint density at radius 3 is 2.29 bits per heavy atom. The van der Waals surface area contributed by atoms with Crippen molar-refractivity contribution < 1.29 is 14.3 Å². The molecule has 0 N–H and O–H groups in total. The molecule has 0 fully saturated rings. The Morgan fingerprint density at radius 2 is 1.75 bits per heavy atom. The number of carbonyl (C=O) groups is 1. The second kappa shape index (κ2) is 9.13. The minimum atomic E-state index is -0.0423. The quantitative estimate of drug-likeness (QED) is 0.715. The summed E-state index contributed by atoms with van der Waals surface area (Å²) >= 11 is 7.32. The van der Waals surface area contributed by atoms with E-state index >= 15 is 0 Å². The number of methoxy groups -OCH3 is 2. The third-order valence-corrected chi connectivity index (χ3v) is 4.95. The lowest BCUT2D eigenvalue weighted by molar-refractivity contribution is 0.0631. The average Bonchev–Trinajstić information content (AvgIpc) is 2.97. The molecule has 7 heteroatoms. The summed E-state index contributed by atoms with van der Waals surface area (Å²) < 4.78 is 10.2. The van der Waals surface area contributed by atoms with E-state index in [0.717, 1.165) is 16.3 Å². The Labute approximate surface area is 151 Å². The largest absolute Gasteiger partial charge is 0.383 e. The number of hydrogen-bond donors (Lipinski definition) is 0. The predicted octanol–water partition coefficient (Wildman–Crippen LogP) is 3.51. The molecule has 2 rings (SSSR count). The molecule has 0 aliphatic rings. The van der Waals surface area contributed by atoms with Crippen molar-refractivity contribution in [3.05, 3.63) is 39.9 Å². The van der Waals surface area contributed by atoms with Crippen molar-refractivity contribution in [1.82, 2.24) is 9.88 Å². The van der Waals surface area contributed by atoms with Gasteiger partial charge in [-0.3, -0.25) is 4.79 Å². The molecule has 0 bridgehead atoms. The number of carbonyl (C=O) groups excluding carboxylic acids is 1. The lowest BCUT2D eigenvalue weighted by Crippen LogP contribution is -2.36. The van der Waals surface area contributed by atoms with Gasteiger partial charge in [0.05, 0.1) is 18.9 Å². The Kier molecular flexibility index (Phi) is 7.17. The van der Waals surface area contributed by atoms with E-state index in [0.29, 0.717) is 36.2 Å². The highest BCUT2D eigenvalue weighted by atomic mass is 35.5. The monoisotopic (exact) mass is 368 g/mol. The fourth-order valence-electron chi connectivity index (χ4n) is 2.17. The summed E-state index contributed by atoms with van der Waals surface area (Å²) in [5, 5.41) is 1.49. The third kappa shape index (κ3) is 4.77. The Bertz CT molecular complexity index is 665. The van der Waals surface area contributed by atoms with Gasteiger partial charge in [0.1, 0.15) is 9.88 Å². The summed E-state index contributed by atoms with van der Waals surface area (Å²) in [4.78, 5) is 19.8. The Morgan fingerprint density at radius 1 is 1.17 bits per heavy atom. The average molecular weight is 369 g/mol. The van der Waals surface area contributed by atoms with Gasteiger partial charge in [0.25, 0.3) is 5.91 Å². The Balaban J connectivity index is 2.22. The molecule has 0 radical (unpaired) electrons. The van der Waals surface area contributed by atoms with Gasteiger partial charge in [-0.05, 0) is 19.1 Å². The third-order valence-electron chi connectivity index (χ3n) is 3.50. The van der Waals surface area contributed by atoms with E-state index in [4.69, 9.17) is 21.1 Å². The SMILES string of the molecule is COCCN(CCOC)C(=O)c1sc(-c2ccc(Cl)cc2)nc1C. The van der Waals surface area contributed by atoms with Crippen molar-refractivity contribution >= 4 is 28.8 Å². The smallest absolute Gasteiger partial charge is 0.266 e. The molecule has 0 unspecified atom stereocenters. The first kappa shape index (κ1) is 18.9. The molecule has 5 nitrogen and oxygen atoms in total. The van der Waals surface area contributed by atoms with Crippen LogP contribution >= 0.6 is 22.9 Å². The molecule has 0 aliphatic carbocycles. The summed E-state index contributed by atoms with van der Waals surface area (Å²) in [5.74, 6) is -0.0423. The van der Waals surface area contributed by atoms with Crippen LogP contribution in [0.5, 0.6) is 0 Å². The topological polar surface area (TPSA) is 51.7 Å². The zero-order valence-corrected chi connectivity index (χ0v) is 15.6. The van der Waals surface area contributed by atoms with Gasteiger partial charge in [-0.15, -0.1) is 11.3 Å². The van der Waals surface area contributed by atoms with Crippen LogP contribution in [0, 0.1) is 6.92 Å². The number of thiazole rings is 1. The van der Waals surface area contributed by atoms with Crippen molar-refractivity contribution in [2.75, 3.05) is 40.5 Å². The van der Waals surface area contributed by atoms with Gasteiger partial charge in [0, 0.05) is 37.9 Å². The summed E-state index contributed by atoms with van der Waals surface area (Å²) in [7, 11) is 3.24.